The predicted octanol–water partition coefficient (Wildman–Crippen LogP) is 2.92. The van der Waals surface area contributed by atoms with Crippen molar-refractivity contribution in [2.45, 2.75) is 0 Å². The van der Waals surface area contributed by atoms with Crippen molar-refractivity contribution in [3.05, 3.63) is 65.7 Å². The molecule has 0 saturated carbocycles. The lowest BCUT2D eigenvalue weighted by Crippen LogP contribution is -2.32. The number of carboxylic acids is 1. The van der Waals surface area contributed by atoms with Gasteiger partial charge in [-0.2, -0.15) is 0 Å². The monoisotopic (exact) mass is 356 g/mol. The highest BCUT2D eigenvalue weighted by atomic mass is 32.1. The van der Waals surface area contributed by atoms with E-state index < -0.39 is 11.9 Å². The van der Waals surface area contributed by atoms with Crippen LogP contribution in [0.3, 0.4) is 0 Å². The van der Waals surface area contributed by atoms with Crippen LogP contribution in [0.5, 0.6) is 5.75 Å². The van der Waals surface area contributed by atoms with E-state index in [9.17, 15) is 9.59 Å². The standard InChI is InChI=1S/C18H16N2O4S/c1-24-15-8-5-12(6-9-15)7-10-16(21)20-18(25)19-14-4-2-3-13(11-14)17(22)23/h2-11H,1H3,(H,22,23)(H2,19,20,21,25)/b10-7+. The zero-order valence-electron chi connectivity index (χ0n) is 13.4. The number of hydrogen-bond acceptors (Lipinski definition) is 4. The minimum Gasteiger partial charge on any atom is -0.497 e. The maximum atomic E-state index is 11.9. The highest BCUT2D eigenvalue weighted by molar-refractivity contribution is 7.80. The van der Waals surface area contributed by atoms with Gasteiger partial charge in [0.25, 0.3) is 0 Å². The number of rotatable bonds is 5. The third kappa shape index (κ3) is 5.74. The summed E-state index contributed by atoms with van der Waals surface area (Å²) in [5.41, 5.74) is 1.44. The number of amides is 1. The van der Waals surface area contributed by atoms with Crippen LogP contribution in [-0.2, 0) is 4.79 Å². The van der Waals surface area contributed by atoms with Crippen molar-refractivity contribution in [2.24, 2.45) is 0 Å². The Bertz CT molecular complexity index is 816. The molecule has 0 aliphatic rings. The largest absolute Gasteiger partial charge is 0.497 e. The number of anilines is 1. The maximum absolute atomic E-state index is 11.9. The first-order valence-corrected chi connectivity index (χ1v) is 7.66. The number of benzene rings is 2. The van der Waals surface area contributed by atoms with Crippen molar-refractivity contribution < 1.29 is 19.4 Å². The molecule has 0 aliphatic heterocycles. The van der Waals surface area contributed by atoms with Crippen LogP contribution in [-0.4, -0.2) is 29.2 Å². The lowest BCUT2D eigenvalue weighted by molar-refractivity contribution is -0.115. The van der Waals surface area contributed by atoms with Crippen LogP contribution in [0.1, 0.15) is 15.9 Å². The third-order valence-corrected chi connectivity index (χ3v) is 3.35. The molecular formula is C18H16N2O4S. The average molecular weight is 356 g/mol. The molecule has 2 aromatic rings. The molecule has 128 valence electrons. The topological polar surface area (TPSA) is 87.7 Å². The molecule has 0 saturated heterocycles. The van der Waals surface area contributed by atoms with E-state index in [1.807, 2.05) is 12.1 Å². The van der Waals surface area contributed by atoms with Crippen LogP contribution in [0, 0.1) is 0 Å². The van der Waals surface area contributed by atoms with Crippen molar-refractivity contribution in [1.29, 1.82) is 0 Å². The highest BCUT2D eigenvalue weighted by Gasteiger charge is 2.05. The second kappa shape index (κ2) is 8.60. The van der Waals surface area contributed by atoms with E-state index in [0.29, 0.717) is 5.69 Å². The molecule has 0 bridgehead atoms. The van der Waals surface area contributed by atoms with Crippen molar-refractivity contribution >= 4 is 41.0 Å². The quantitative estimate of drug-likeness (QED) is 0.564. The molecule has 0 aromatic heterocycles. The maximum Gasteiger partial charge on any atom is 0.335 e. The van der Waals surface area contributed by atoms with Crippen LogP contribution in [0.4, 0.5) is 5.69 Å². The van der Waals surface area contributed by atoms with Gasteiger partial charge in [-0.05, 0) is 54.2 Å². The zero-order chi connectivity index (χ0) is 18.2. The summed E-state index contributed by atoms with van der Waals surface area (Å²) in [5.74, 6) is -0.709. The van der Waals surface area contributed by atoms with Gasteiger partial charge in [-0.25, -0.2) is 4.79 Å². The average Bonchev–Trinajstić information content (AvgIpc) is 2.60. The van der Waals surface area contributed by atoms with Crippen molar-refractivity contribution in [3.8, 4) is 5.75 Å². The predicted molar refractivity (Wildman–Crippen MR) is 99.8 cm³/mol. The number of ether oxygens (including phenoxy) is 1. The van der Waals surface area contributed by atoms with Crippen molar-refractivity contribution in [2.75, 3.05) is 12.4 Å². The van der Waals surface area contributed by atoms with E-state index in [2.05, 4.69) is 10.6 Å². The molecule has 2 rings (SSSR count). The summed E-state index contributed by atoms with van der Waals surface area (Å²) in [6.07, 6.45) is 2.99. The molecule has 0 atom stereocenters. The SMILES string of the molecule is COc1ccc(/C=C/C(=O)NC(=S)Nc2cccc(C(=O)O)c2)cc1. The number of nitrogens with one attached hydrogen (secondary N) is 2. The summed E-state index contributed by atoms with van der Waals surface area (Å²) in [6, 6.07) is 13.3. The van der Waals surface area contributed by atoms with Gasteiger partial charge in [0.1, 0.15) is 5.75 Å². The van der Waals surface area contributed by atoms with Crippen molar-refractivity contribution in [1.82, 2.24) is 5.32 Å². The van der Waals surface area contributed by atoms with E-state index in [0.717, 1.165) is 11.3 Å². The van der Waals surface area contributed by atoms with Gasteiger partial charge < -0.3 is 15.2 Å². The molecule has 0 spiro atoms. The van der Waals surface area contributed by atoms with Gasteiger partial charge in [-0.3, -0.25) is 10.1 Å². The molecule has 25 heavy (non-hydrogen) atoms. The first-order valence-electron chi connectivity index (χ1n) is 7.25. The van der Waals surface area contributed by atoms with Crippen molar-refractivity contribution in [3.63, 3.8) is 0 Å². The zero-order valence-corrected chi connectivity index (χ0v) is 14.2. The lowest BCUT2D eigenvalue weighted by atomic mass is 10.2. The molecule has 2 aromatic carbocycles. The molecule has 0 fully saturated rings. The van der Waals surface area contributed by atoms with Gasteiger partial charge in [0.15, 0.2) is 5.11 Å². The molecule has 0 aliphatic carbocycles. The molecule has 6 nitrogen and oxygen atoms in total. The van der Waals surface area contributed by atoms with Gasteiger partial charge in [0.05, 0.1) is 12.7 Å². The van der Waals surface area contributed by atoms with E-state index in [4.69, 9.17) is 22.1 Å². The molecule has 1 amide bonds. The number of carbonyl (C=O) groups excluding carboxylic acids is 1. The summed E-state index contributed by atoms with van der Waals surface area (Å²) in [6.45, 7) is 0. The fraction of sp³-hybridized carbons (Fsp3) is 0.0556. The van der Waals surface area contributed by atoms with E-state index in [1.165, 1.54) is 18.2 Å². The second-order valence-corrected chi connectivity index (χ2v) is 5.34. The number of aromatic carboxylic acids is 1. The van der Waals surface area contributed by atoms with E-state index in [1.54, 1.807) is 37.5 Å². The molecule has 0 unspecified atom stereocenters. The Labute approximate surface area is 150 Å². The van der Waals surface area contributed by atoms with Gasteiger partial charge in [-0.15, -0.1) is 0 Å². The Morgan fingerprint density at radius 3 is 2.52 bits per heavy atom. The van der Waals surface area contributed by atoms with Gasteiger partial charge >= 0.3 is 5.97 Å². The lowest BCUT2D eigenvalue weighted by Gasteiger charge is -2.08. The van der Waals surface area contributed by atoms with Gasteiger partial charge in [0, 0.05) is 11.8 Å². The van der Waals surface area contributed by atoms with Crippen LogP contribution < -0.4 is 15.4 Å². The fourth-order valence-electron chi connectivity index (χ4n) is 1.93. The Balaban J connectivity index is 1.91. The first kappa shape index (κ1) is 18.2. The number of hydrogen-bond donors (Lipinski definition) is 3. The summed E-state index contributed by atoms with van der Waals surface area (Å²) in [4.78, 5) is 22.8. The molecule has 7 heteroatoms. The Morgan fingerprint density at radius 2 is 1.88 bits per heavy atom. The van der Waals surface area contributed by atoms with E-state index in [-0.39, 0.29) is 10.7 Å². The van der Waals surface area contributed by atoms with Gasteiger partial charge in [-0.1, -0.05) is 18.2 Å². The summed E-state index contributed by atoms with van der Waals surface area (Å²) in [5, 5.41) is 14.3. The first-order chi connectivity index (χ1) is 12.0. The summed E-state index contributed by atoms with van der Waals surface area (Å²) in [7, 11) is 1.58. The Kier molecular flexibility index (Phi) is 6.25. The number of thiocarbonyl (C=S) groups is 1. The molecule has 3 N–H and O–H groups in total. The third-order valence-electron chi connectivity index (χ3n) is 3.15. The number of carboxylic acid groups (broad SMARTS) is 1. The second-order valence-electron chi connectivity index (χ2n) is 4.94. The van der Waals surface area contributed by atoms with E-state index >= 15 is 0 Å². The number of carbonyl (C=O) groups is 2. The summed E-state index contributed by atoms with van der Waals surface area (Å²) < 4.78 is 5.06. The summed E-state index contributed by atoms with van der Waals surface area (Å²) >= 11 is 5.04. The Hall–Kier alpha value is -3.19. The highest BCUT2D eigenvalue weighted by Crippen LogP contribution is 2.12. The number of methoxy groups -OCH3 is 1. The van der Waals surface area contributed by atoms with Crippen LogP contribution in [0.15, 0.2) is 54.6 Å². The molecule has 0 heterocycles. The van der Waals surface area contributed by atoms with Gasteiger partial charge in [0.2, 0.25) is 5.91 Å². The van der Waals surface area contributed by atoms with Crippen LogP contribution in [0.2, 0.25) is 0 Å². The molecule has 0 radical (unpaired) electrons. The minimum absolute atomic E-state index is 0.0759. The Morgan fingerprint density at radius 1 is 1.16 bits per heavy atom. The fourth-order valence-corrected chi connectivity index (χ4v) is 2.15. The minimum atomic E-state index is -1.04. The smallest absolute Gasteiger partial charge is 0.335 e. The normalized spacial score (nSPS) is 10.3. The molecular weight excluding hydrogens is 340 g/mol. The van der Waals surface area contributed by atoms with Crippen LogP contribution in [0.25, 0.3) is 6.08 Å². The van der Waals surface area contributed by atoms with Crippen LogP contribution >= 0.6 is 12.2 Å².